The first-order valence-corrected chi connectivity index (χ1v) is 5.82. The van der Waals surface area contributed by atoms with Gasteiger partial charge in [0.1, 0.15) is 5.69 Å². The molecule has 1 aliphatic rings. The number of nitro benzene ring substituents is 1. The highest BCUT2D eigenvalue weighted by atomic mass is 16.6. The molecular weight excluding hydrogens is 218 g/mol. The summed E-state index contributed by atoms with van der Waals surface area (Å²) in [5, 5.41) is 14.4. The number of anilines is 1. The molecule has 1 heterocycles. The van der Waals surface area contributed by atoms with Gasteiger partial charge in [-0.05, 0) is 19.9 Å². The van der Waals surface area contributed by atoms with E-state index in [1.165, 1.54) is 0 Å². The number of nitrogens with zero attached hydrogens (tertiary/aromatic N) is 2. The molecule has 0 saturated carbocycles. The Morgan fingerprint density at radius 3 is 2.47 bits per heavy atom. The smallest absolute Gasteiger partial charge is 0.292 e. The lowest BCUT2D eigenvalue weighted by atomic mass is 10.1. The van der Waals surface area contributed by atoms with Gasteiger partial charge in [-0.25, -0.2) is 0 Å². The predicted molar refractivity (Wildman–Crippen MR) is 67.4 cm³/mol. The lowest BCUT2D eigenvalue weighted by Crippen LogP contribution is -2.54. The van der Waals surface area contributed by atoms with E-state index in [2.05, 4.69) is 24.1 Å². The molecule has 0 bridgehead atoms. The Hall–Kier alpha value is -1.62. The largest absolute Gasteiger partial charge is 0.363 e. The Labute approximate surface area is 101 Å². The molecule has 0 aliphatic carbocycles. The third-order valence-electron chi connectivity index (χ3n) is 2.98. The summed E-state index contributed by atoms with van der Waals surface area (Å²) in [6, 6.07) is 7.63. The lowest BCUT2D eigenvalue weighted by Gasteiger charge is -2.37. The minimum Gasteiger partial charge on any atom is -0.363 e. The SMILES string of the molecule is CC1CN(c2ccccc2[N+](=O)[O-])CC(C)N1. The van der Waals surface area contributed by atoms with Gasteiger partial charge in [-0.3, -0.25) is 10.1 Å². The number of nitro groups is 1. The second-order valence-corrected chi connectivity index (χ2v) is 4.62. The summed E-state index contributed by atoms with van der Waals surface area (Å²) in [6.07, 6.45) is 0. The second kappa shape index (κ2) is 4.71. The van der Waals surface area contributed by atoms with Gasteiger partial charge in [0.15, 0.2) is 0 Å². The molecule has 0 aromatic heterocycles. The number of piperazine rings is 1. The van der Waals surface area contributed by atoms with Crippen molar-refractivity contribution in [3.63, 3.8) is 0 Å². The van der Waals surface area contributed by atoms with Crippen LogP contribution in [-0.2, 0) is 0 Å². The van der Waals surface area contributed by atoms with Crippen LogP contribution in [0, 0.1) is 10.1 Å². The van der Waals surface area contributed by atoms with E-state index >= 15 is 0 Å². The van der Waals surface area contributed by atoms with Crippen LogP contribution in [0.1, 0.15) is 13.8 Å². The monoisotopic (exact) mass is 235 g/mol. The average Bonchev–Trinajstić information content (AvgIpc) is 2.27. The van der Waals surface area contributed by atoms with Crippen LogP contribution in [0.15, 0.2) is 24.3 Å². The van der Waals surface area contributed by atoms with Gasteiger partial charge in [-0.2, -0.15) is 0 Å². The normalized spacial score (nSPS) is 24.7. The minimum atomic E-state index is -0.313. The zero-order valence-corrected chi connectivity index (χ0v) is 10.1. The molecule has 1 N–H and O–H groups in total. The van der Waals surface area contributed by atoms with Crippen LogP contribution in [0.3, 0.4) is 0 Å². The molecule has 5 heteroatoms. The van der Waals surface area contributed by atoms with Gasteiger partial charge in [-0.15, -0.1) is 0 Å². The molecule has 0 amide bonds. The quantitative estimate of drug-likeness (QED) is 0.627. The zero-order valence-electron chi connectivity index (χ0n) is 10.1. The molecular formula is C12H17N3O2. The average molecular weight is 235 g/mol. The fraction of sp³-hybridized carbons (Fsp3) is 0.500. The summed E-state index contributed by atoms with van der Waals surface area (Å²) in [5.74, 6) is 0. The predicted octanol–water partition coefficient (Wildman–Crippen LogP) is 1.78. The van der Waals surface area contributed by atoms with Crippen LogP contribution >= 0.6 is 0 Å². The first kappa shape index (κ1) is 11.9. The summed E-state index contributed by atoms with van der Waals surface area (Å²) in [5.41, 5.74) is 0.909. The molecule has 92 valence electrons. The van der Waals surface area contributed by atoms with Crippen molar-refractivity contribution in [1.29, 1.82) is 0 Å². The van der Waals surface area contributed by atoms with Gasteiger partial charge in [0, 0.05) is 31.2 Å². The van der Waals surface area contributed by atoms with Crippen LogP contribution in [0.25, 0.3) is 0 Å². The standard InChI is InChI=1S/C12H17N3O2/c1-9-7-14(8-10(2)13-9)11-5-3-4-6-12(11)15(16)17/h3-6,9-10,13H,7-8H2,1-2H3. The van der Waals surface area contributed by atoms with Gasteiger partial charge in [0.05, 0.1) is 4.92 Å². The van der Waals surface area contributed by atoms with Gasteiger partial charge in [0.25, 0.3) is 5.69 Å². The van der Waals surface area contributed by atoms with Crippen molar-refractivity contribution in [3.8, 4) is 0 Å². The summed E-state index contributed by atoms with van der Waals surface area (Å²) in [6.45, 7) is 5.79. The van der Waals surface area contributed by atoms with E-state index in [9.17, 15) is 10.1 Å². The molecule has 5 nitrogen and oxygen atoms in total. The highest BCUT2D eigenvalue weighted by molar-refractivity contribution is 5.63. The van der Waals surface area contributed by atoms with Gasteiger partial charge >= 0.3 is 0 Å². The maximum atomic E-state index is 11.0. The molecule has 17 heavy (non-hydrogen) atoms. The zero-order chi connectivity index (χ0) is 12.4. The number of hydrogen-bond acceptors (Lipinski definition) is 4. The summed E-state index contributed by atoms with van der Waals surface area (Å²) < 4.78 is 0. The van der Waals surface area contributed by atoms with E-state index in [-0.39, 0.29) is 10.6 Å². The minimum absolute atomic E-state index is 0.189. The molecule has 1 aromatic carbocycles. The third kappa shape index (κ3) is 2.55. The first-order valence-electron chi connectivity index (χ1n) is 5.82. The molecule has 1 saturated heterocycles. The highest BCUT2D eigenvalue weighted by Gasteiger charge is 2.25. The van der Waals surface area contributed by atoms with Crippen LogP contribution in [0.4, 0.5) is 11.4 Å². The molecule has 2 unspecified atom stereocenters. The van der Waals surface area contributed by atoms with Crippen molar-refractivity contribution in [3.05, 3.63) is 34.4 Å². The number of para-hydroxylation sites is 2. The molecule has 2 atom stereocenters. The summed E-state index contributed by atoms with van der Waals surface area (Å²) >= 11 is 0. The van der Waals surface area contributed by atoms with Gasteiger partial charge < -0.3 is 10.2 Å². The van der Waals surface area contributed by atoms with Crippen molar-refractivity contribution in [2.24, 2.45) is 0 Å². The maximum absolute atomic E-state index is 11.0. The van der Waals surface area contributed by atoms with Crippen molar-refractivity contribution in [2.45, 2.75) is 25.9 Å². The van der Waals surface area contributed by atoms with Crippen molar-refractivity contribution < 1.29 is 4.92 Å². The van der Waals surface area contributed by atoms with Crippen LogP contribution in [-0.4, -0.2) is 30.1 Å². The van der Waals surface area contributed by atoms with Gasteiger partial charge in [0.2, 0.25) is 0 Å². The number of nitrogens with one attached hydrogen (secondary N) is 1. The van der Waals surface area contributed by atoms with Crippen molar-refractivity contribution >= 4 is 11.4 Å². The van der Waals surface area contributed by atoms with Crippen LogP contribution in [0.2, 0.25) is 0 Å². The molecule has 0 radical (unpaired) electrons. The Morgan fingerprint density at radius 1 is 1.29 bits per heavy atom. The molecule has 1 fully saturated rings. The fourth-order valence-corrected chi connectivity index (χ4v) is 2.41. The lowest BCUT2D eigenvalue weighted by molar-refractivity contribution is -0.384. The van der Waals surface area contributed by atoms with E-state index in [4.69, 9.17) is 0 Å². The molecule has 0 spiro atoms. The number of rotatable bonds is 2. The Balaban J connectivity index is 2.30. The van der Waals surface area contributed by atoms with Crippen LogP contribution in [0.5, 0.6) is 0 Å². The highest BCUT2D eigenvalue weighted by Crippen LogP contribution is 2.28. The third-order valence-corrected chi connectivity index (χ3v) is 2.98. The molecule has 1 aliphatic heterocycles. The summed E-state index contributed by atoms with van der Waals surface area (Å²) in [7, 11) is 0. The second-order valence-electron chi connectivity index (χ2n) is 4.62. The Bertz CT molecular complexity index is 412. The number of benzene rings is 1. The van der Waals surface area contributed by atoms with Crippen molar-refractivity contribution in [1.82, 2.24) is 5.32 Å². The van der Waals surface area contributed by atoms with E-state index < -0.39 is 0 Å². The van der Waals surface area contributed by atoms with E-state index in [1.807, 2.05) is 12.1 Å². The van der Waals surface area contributed by atoms with Gasteiger partial charge in [-0.1, -0.05) is 12.1 Å². The number of hydrogen-bond donors (Lipinski definition) is 1. The van der Waals surface area contributed by atoms with E-state index in [0.717, 1.165) is 18.8 Å². The molecule has 1 aromatic rings. The van der Waals surface area contributed by atoms with Crippen molar-refractivity contribution in [2.75, 3.05) is 18.0 Å². The maximum Gasteiger partial charge on any atom is 0.292 e. The Kier molecular flexibility index (Phi) is 3.28. The molecule has 2 rings (SSSR count). The first-order chi connectivity index (χ1) is 8.08. The fourth-order valence-electron chi connectivity index (χ4n) is 2.41. The van der Waals surface area contributed by atoms with E-state index in [0.29, 0.717) is 12.1 Å². The van der Waals surface area contributed by atoms with E-state index in [1.54, 1.807) is 12.1 Å². The van der Waals surface area contributed by atoms with Crippen LogP contribution < -0.4 is 10.2 Å². The topological polar surface area (TPSA) is 58.4 Å². The Morgan fingerprint density at radius 2 is 1.88 bits per heavy atom. The summed E-state index contributed by atoms with van der Waals surface area (Å²) in [4.78, 5) is 12.8.